The van der Waals surface area contributed by atoms with E-state index in [9.17, 15) is 4.79 Å². The lowest BCUT2D eigenvalue weighted by Gasteiger charge is -2.45. The van der Waals surface area contributed by atoms with E-state index in [-0.39, 0.29) is 30.2 Å². The molecule has 3 heterocycles. The Morgan fingerprint density at radius 2 is 1.84 bits per heavy atom. The van der Waals surface area contributed by atoms with Crippen molar-refractivity contribution < 1.29 is 13.9 Å². The van der Waals surface area contributed by atoms with Crippen molar-refractivity contribution in [3.63, 3.8) is 0 Å². The summed E-state index contributed by atoms with van der Waals surface area (Å²) in [4.78, 5) is 24.9. The summed E-state index contributed by atoms with van der Waals surface area (Å²) in [6, 6.07) is 16.5. The van der Waals surface area contributed by atoms with Gasteiger partial charge in [0.2, 0.25) is 5.91 Å². The van der Waals surface area contributed by atoms with Gasteiger partial charge in [0, 0.05) is 44.1 Å². The highest BCUT2D eigenvalue weighted by atomic mass is 19.1. The Morgan fingerprint density at radius 3 is 2.55 bits per heavy atom. The number of carbonyl (C=O) groups is 1. The first kappa shape index (κ1) is 25.9. The molecular weight excluding hydrogens is 481 g/mol. The number of hydrogen-bond donors (Lipinski definition) is 2. The van der Waals surface area contributed by atoms with Crippen molar-refractivity contribution in [1.82, 2.24) is 19.8 Å². The van der Waals surface area contributed by atoms with E-state index < -0.39 is 11.9 Å². The maximum Gasteiger partial charge on any atom is 0.239 e. The lowest BCUT2D eigenvalue weighted by atomic mass is 10.0. The minimum Gasteiger partial charge on any atom is -0.453 e. The van der Waals surface area contributed by atoms with Crippen LogP contribution >= 0.6 is 0 Å². The second-order valence-corrected chi connectivity index (χ2v) is 10.3. The number of carbonyl (C=O) groups excluding carboxylic acids is 1. The Bertz CT molecular complexity index is 1410. The van der Waals surface area contributed by atoms with Gasteiger partial charge in [0.25, 0.3) is 0 Å². The van der Waals surface area contributed by atoms with Crippen LogP contribution in [0.15, 0.2) is 67.0 Å². The number of piperazine rings is 1. The number of aryl methyl sites for hydroxylation is 1. The number of nitrogens with zero attached hydrogens (tertiary/aromatic N) is 3. The lowest BCUT2D eigenvalue weighted by molar-refractivity contribution is -0.137. The maximum atomic E-state index is 15.0. The number of amides is 1. The molecule has 4 aromatic rings. The average molecular weight is 516 g/mol. The summed E-state index contributed by atoms with van der Waals surface area (Å²) >= 11 is 0. The van der Waals surface area contributed by atoms with E-state index in [0.29, 0.717) is 30.0 Å². The van der Waals surface area contributed by atoms with Crippen molar-refractivity contribution in [2.24, 2.45) is 5.73 Å². The normalized spacial score (nSPS) is 19.0. The molecule has 1 aliphatic heterocycles. The molecule has 5 rings (SSSR count). The molecular formula is C30H34FN5O2. The van der Waals surface area contributed by atoms with Crippen LogP contribution in [0.5, 0.6) is 11.5 Å². The van der Waals surface area contributed by atoms with Crippen LogP contribution in [0.3, 0.4) is 0 Å². The Hall–Kier alpha value is -3.75. The van der Waals surface area contributed by atoms with Gasteiger partial charge in [-0.1, -0.05) is 36.4 Å². The second-order valence-electron chi connectivity index (χ2n) is 10.3. The van der Waals surface area contributed by atoms with Gasteiger partial charge in [0.05, 0.1) is 11.4 Å². The molecule has 1 amide bonds. The summed E-state index contributed by atoms with van der Waals surface area (Å²) in [5, 5.41) is 0.816. The third-order valence-corrected chi connectivity index (χ3v) is 7.34. The molecule has 8 heteroatoms. The molecule has 1 fully saturated rings. The van der Waals surface area contributed by atoms with Crippen molar-refractivity contribution in [2.75, 3.05) is 13.1 Å². The Labute approximate surface area is 222 Å². The second kappa shape index (κ2) is 10.9. The van der Waals surface area contributed by atoms with E-state index in [4.69, 9.17) is 10.5 Å². The molecule has 3 N–H and O–H groups in total. The summed E-state index contributed by atoms with van der Waals surface area (Å²) in [5.74, 6) is 0.0313. The van der Waals surface area contributed by atoms with Gasteiger partial charge in [0.15, 0.2) is 11.6 Å². The molecule has 198 valence electrons. The Kier molecular flexibility index (Phi) is 7.44. The average Bonchev–Trinajstić information content (AvgIpc) is 3.29. The molecule has 3 unspecified atom stereocenters. The number of ether oxygens (including phenoxy) is 1. The van der Waals surface area contributed by atoms with Crippen molar-refractivity contribution in [1.29, 1.82) is 0 Å². The monoisotopic (exact) mass is 515 g/mol. The molecule has 1 aliphatic rings. The number of pyridine rings is 1. The topological polar surface area (TPSA) is 87.5 Å². The highest BCUT2D eigenvalue weighted by Gasteiger charge is 2.33. The van der Waals surface area contributed by atoms with Crippen molar-refractivity contribution in [3.05, 3.63) is 89.5 Å². The number of nitrogens with one attached hydrogen (secondary N) is 1. The highest BCUT2D eigenvalue weighted by molar-refractivity contribution is 5.86. The molecule has 0 bridgehead atoms. The number of nitrogens with two attached hydrogens (primary N) is 1. The van der Waals surface area contributed by atoms with Gasteiger partial charge >= 0.3 is 0 Å². The molecule has 2 aromatic heterocycles. The van der Waals surface area contributed by atoms with Gasteiger partial charge in [0.1, 0.15) is 11.4 Å². The zero-order valence-corrected chi connectivity index (χ0v) is 22.0. The smallest absolute Gasteiger partial charge is 0.239 e. The first-order chi connectivity index (χ1) is 18.3. The third-order valence-electron chi connectivity index (χ3n) is 7.34. The molecule has 3 atom stereocenters. The number of hydrogen-bond acceptors (Lipinski definition) is 5. The Morgan fingerprint density at radius 1 is 1.11 bits per heavy atom. The van der Waals surface area contributed by atoms with Crippen LogP contribution in [0.2, 0.25) is 0 Å². The first-order valence-corrected chi connectivity index (χ1v) is 13.0. The number of H-pyrrole nitrogens is 1. The fourth-order valence-corrected chi connectivity index (χ4v) is 5.36. The minimum atomic E-state index is -0.747. The van der Waals surface area contributed by atoms with Crippen molar-refractivity contribution in [3.8, 4) is 11.5 Å². The fourth-order valence-electron chi connectivity index (χ4n) is 5.36. The van der Waals surface area contributed by atoms with Gasteiger partial charge in [-0.2, -0.15) is 0 Å². The first-order valence-electron chi connectivity index (χ1n) is 13.0. The van der Waals surface area contributed by atoms with Crippen LogP contribution in [0, 0.1) is 12.7 Å². The van der Waals surface area contributed by atoms with Crippen LogP contribution in [0.4, 0.5) is 4.39 Å². The van der Waals surface area contributed by atoms with Gasteiger partial charge in [-0.05, 0) is 62.1 Å². The van der Waals surface area contributed by atoms with Crippen LogP contribution in [0.25, 0.3) is 11.0 Å². The number of aromatic amines is 1. The zero-order valence-electron chi connectivity index (χ0n) is 22.0. The van der Waals surface area contributed by atoms with Gasteiger partial charge in [-0.25, -0.2) is 9.37 Å². The largest absolute Gasteiger partial charge is 0.453 e. The quantitative estimate of drug-likeness (QED) is 0.369. The molecule has 0 saturated carbocycles. The number of aromatic nitrogens is 2. The summed E-state index contributed by atoms with van der Waals surface area (Å²) in [7, 11) is 0. The molecule has 0 radical (unpaired) electrons. The predicted octanol–water partition coefficient (Wildman–Crippen LogP) is 4.79. The molecule has 0 aliphatic carbocycles. The predicted molar refractivity (Wildman–Crippen MR) is 146 cm³/mol. The highest BCUT2D eigenvalue weighted by Crippen LogP contribution is 2.32. The van der Waals surface area contributed by atoms with Gasteiger partial charge in [-0.3, -0.25) is 9.69 Å². The molecule has 1 saturated heterocycles. The maximum absolute atomic E-state index is 15.0. The minimum absolute atomic E-state index is 0.106. The number of fused-ring (bicyclic) bond motifs is 1. The molecule has 0 spiro atoms. The van der Waals surface area contributed by atoms with E-state index in [1.807, 2.05) is 36.2 Å². The molecule has 2 aromatic carbocycles. The van der Waals surface area contributed by atoms with E-state index in [1.54, 1.807) is 24.4 Å². The number of benzene rings is 2. The zero-order chi connectivity index (χ0) is 26.8. The standard InChI is InChI=1S/C30H34FN5O2/c1-19-15-34-29-28(19)27(11-12-33-29)38-26-10-9-23(13-24(26)31)14-25(32)30(37)35-16-20(2)36(21(3)17-35)18-22-7-5-4-6-8-22/h4-13,15,20-21,25H,14,16-18,32H2,1-3H3,(H,33,34). The number of rotatable bonds is 7. The van der Waals surface area contributed by atoms with E-state index in [1.165, 1.54) is 11.6 Å². The lowest BCUT2D eigenvalue weighted by Crippen LogP contribution is -2.60. The molecule has 7 nitrogen and oxygen atoms in total. The van der Waals surface area contributed by atoms with Crippen LogP contribution in [-0.2, 0) is 17.8 Å². The van der Waals surface area contributed by atoms with Crippen LogP contribution in [0.1, 0.15) is 30.5 Å². The summed E-state index contributed by atoms with van der Waals surface area (Å²) in [6.45, 7) is 8.30. The summed E-state index contributed by atoms with van der Waals surface area (Å²) in [5.41, 5.74) is 9.90. The van der Waals surface area contributed by atoms with Crippen molar-refractivity contribution in [2.45, 2.75) is 51.9 Å². The number of halogens is 1. The van der Waals surface area contributed by atoms with Gasteiger partial charge < -0.3 is 20.4 Å². The molecule has 38 heavy (non-hydrogen) atoms. The van der Waals surface area contributed by atoms with E-state index in [2.05, 4.69) is 40.8 Å². The van der Waals surface area contributed by atoms with Crippen LogP contribution in [-0.4, -0.2) is 56.9 Å². The van der Waals surface area contributed by atoms with Crippen LogP contribution < -0.4 is 10.5 Å². The van der Waals surface area contributed by atoms with Gasteiger partial charge in [-0.15, -0.1) is 0 Å². The SMILES string of the molecule is Cc1c[nH]c2nccc(Oc3ccc(CC(N)C(=O)N4CC(C)N(Cc5ccccc5)C(C)C4)cc3F)c12. The van der Waals surface area contributed by atoms with E-state index in [0.717, 1.165) is 17.5 Å². The summed E-state index contributed by atoms with van der Waals surface area (Å²) < 4.78 is 20.9. The fraction of sp³-hybridized carbons (Fsp3) is 0.333. The van der Waals surface area contributed by atoms with Crippen molar-refractivity contribution >= 4 is 16.9 Å². The Balaban J connectivity index is 1.21. The third kappa shape index (κ3) is 5.42. The van der Waals surface area contributed by atoms with E-state index >= 15 is 4.39 Å². The summed E-state index contributed by atoms with van der Waals surface area (Å²) in [6.07, 6.45) is 3.71.